The molecule has 0 atom stereocenters. The number of carbonyl (C=O) groups is 2. The van der Waals surface area contributed by atoms with E-state index < -0.39 is 11.8 Å². The third-order valence-corrected chi connectivity index (χ3v) is 4.78. The summed E-state index contributed by atoms with van der Waals surface area (Å²) in [5.41, 5.74) is 8.11. The Bertz CT molecular complexity index is 1200. The number of hydrazine groups is 1. The number of nitrogens with one attached hydrogen (secondary N) is 2. The molecule has 0 aliphatic carbocycles. The third kappa shape index (κ3) is 5.05. The minimum atomic E-state index is -0.457. The van der Waals surface area contributed by atoms with Crippen molar-refractivity contribution in [2.45, 2.75) is 6.42 Å². The van der Waals surface area contributed by atoms with E-state index in [4.69, 9.17) is 4.74 Å². The van der Waals surface area contributed by atoms with Crippen LogP contribution in [0.15, 0.2) is 91.1 Å². The normalized spacial score (nSPS) is 10.5. The van der Waals surface area contributed by atoms with Crippen LogP contribution in [0.4, 0.5) is 0 Å². The molecule has 0 saturated heterocycles. The fourth-order valence-electron chi connectivity index (χ4n) is 3.27. The zero-order chi connectivity index (χ0) is 21.5. The first-order valence-electron chi connectivity index (χ1n) is 9.88. The summed E-state index contributed by atoms with van der Waals surface area (Å²) < 4.78 is 5.71. The van der Waals surface area contributed by atoms with Crippen LogP contribution in [0.3, 0.4) is 0 Å². The summed E-state index contributed by atoms with van der Waals surface area (Å²) in [7, 11) is 0. The van der Waals surface area contributed by atoms with Gasteiger partial charge in [0.1, 0.15) is 5.75 Å². The van der Waals surface area contributed by atoms with E-state index in [1.807, 2.05) is 78.9 Å². The molecule has 0 fully saturated rings. The molecular formula is C25H21N3O3. The van der Waals surface area contributed by atoms with E-state index in [1.165, 1.54) is 0 Å². The molecule has 2 N–H and O–H groups in total. The van der Waals surface area contributed by atoms with Gasteiger partial charge in [0.25, 0.3) is 11.8 Å². The molecule has 0 unspecified atom stereocenters. The number of hydrogen-bond donors (Lipinski definition) is 2. The van der Waals surface area contributed by atoms with Gasteiger partial charge in [0.2, 0.25) is 0 Å². The van der Waals surface area contributed by atoms with E-state index in [1.54, 1.807) is 12.3 Å². The summed E-state index contributed by atoms with van der Waals surface area (Å²) in [5, 5.41) is 0.711. The highest BCUT2D eigenvalue weighted by Gasteiger charge is 2.12. The Labute approximate surface area is 179 Å². The first-order valence-corrected chi connectivity index (χ1v) is 9.88. The largest absolute Gasteiger partial charge is 0.483 e. The summed E-state index contributed by atoms with van der Waals surface area (Å²) in [5.74, 6) is -0.245. The number of nitrogens with zero attached hydrogens (tertiary/aromatic N) is 1. The average Bonchev–Trinajstić information content (AvgIpc) is 2.82. The molecule has 4 aromatic rings. The average molecular weight is 411 g/mol. The Morgan fingerprint density at radius 2 is 1.55 bits per heavy atom. The van der Waals surface area contributed by atoms with Crippen molar-refractivity contribution in [1.82, 2.24) is 15.8 Å². The maximum absolute atomic E-state index is 12.5. The van der Waals surface area contributed by atoms with E-state index in [0.29, 0.717) is 28.6 Å². The predicted molar refractivity (Wildman–Crippen MR) is 119 cm³/mol. The molecule has 0 spiro atoms. The van der Waals surface area contributed by atoms with Gasteiger partial charge in [0.15, 0.2) is 6.61 Å². The van der Waals surface area contributed by atoms with Crippen LogP contribution in [-0.4, -0.2) is 23.4 Å². The second-order valence-corrected chi connectivity index (χ2v) is 6.94. The lowest BCUT2D eigenvalue weighted by Crippen LogP contribution is -2.43. The molecule has 0 bridgehead atoms. The molecule has 31 heavy (non-hydrogen) atoms. The van der Waals surface area contributed by atoms with Crippen molar-refractivity contribution in [3.05, 3.63) is 108 Å². The quantitative estimate of drug-likeness (QED) is 0.475. The fourth-order valence-corrected chi connectivity index (χ4v) is 3.27. The molecule has 0 radical (unpaired) electrons. The van der Waals surface area contributed by atoms with E-state index in [-0.39, 0.29) is 6.61 Å². The Morgan fingerprint density at radius 1 is 0.806 bits per heavy atom. The maximum atomic E-state index is 12.5. The maximum Gasteiger partial charge on any atom is 0.276 e. The standard InChI is InChI=1S/C25H21N3O3/c29-24(27-28-25(30)21-14-15-26-22-12-6-5-11-20(21)22)17-31-23-13-7-4-10-19(23)16-18-8-2-1-3-9-18/h1-15H,16-17H2,(H,27,29)(H,28,30). The van der Waals surface area contributed by atoms with Gasteiger partial charge in [0, 0.05) is 18.0 Å². The number of ether oxygens (including phenoxy) is 1. The van der Waals surface area contributed by atoms with Crippen LogP contribution in [0.2, 0.25) is 0 Å². The van der Waals surface area contributed by atoms with Crippen molar-refractivity contribution in [1.29, 1.82) is 0 Å². The summed E-state index contributed by atoms with van der Waals surface area (Å²) in [6.07, 6.45) is 2.26. The molecule has 154 valence electrons. The van der Waals surface area contributed by atoms with Crippen LogP contribution in [-0.2, 0) is 11.2 Å². The van der Waals surface area contributed by atoms with Crippen LogP contribution < -0.4 is 15.6 Å². The summed E-state index contributed by atoms with van der Waals surface area (Å²) in [6, 6.07) is 26.6. The zero-order valence-electron chi connectivity index (χ0n) is 16.7. The van der Waals surface area contributed by atoms with Gasteiger partial charge in [-0.05, 0) is 29.3 Å². The minimum absolute atomic E-state index is 0.219. The van der Waals surface area contributed by atoms with Gasteiger partial charge in [-0.15, -0.1) is 0 Å². The number of aromatic nitrogens is 1. The monoisotopic (exact) mass is 411 g/mol. The molecule has 1 aromatic heterocycles. The fraction of sp³-hybridized carbons (Fsp3) is 0.0800. The minimum Gasteiger partial charge on any atom is -0.483 e. The highest BCUT2D eigenvalue weighted by molar-refractivity contribution is 6.06. The van der Waals surface area contributed by atoms with Crippen LogP contribution in [0.25, 0.3) is 10.9 Å². The van der Waals surface area contributed by atoms with Crippen molar-refractivity contribution in [2.24, 2.45) is 0 Å². The molecule has 4 rings (SSSR count). The molecular weight excluding hydrogens is 390 g/mol. The molecule has 0 aliphatic heterocycles. The molecule has 1 heterocycles. The number of benzene rings is 3. The Balaban J connectivity index is 1.34. The number of pyridine rings is 1. The van der Waals surface area contributed by atoms with Crippen LogP contribution in [0.5, 0.6) is 5.75 Å². The van der Waals surface area contributed by atoms with Crippen molar-refractivity contribution >= 4 is 22.7 Å². The first kappa shape index (κ1) is 20.1. The van der Waals surface area contributed by atoms with Crippen molar-refractivity contribution < 1.29 is 14.3 Å². The second-order valence-electron chi connectivity index (χ2n) is 6.94. The predicted octanol–water partition coefficient (Wildman–Crippen LogP) is 3.67. The number of carbonyl (C=O) groups excluding carboxylic acids is 2. The van der Waals surface area contributed by atoms with Gasteiger partial charge in [-0.2, -0.15) is 0 Å². The molecule has 0 aliphatic rings. The van der Waals surface area contributed by atoms with Gasteiger partial charge in [0.05, 0.1) is 11.1 Å². The Kier molecular flexibility index (Phi) is 6.18. The lowest BCUT2D eigenvalue weighted by atomic mass is 10.0. The lowest BCUT2D eigenvalue weighted by molar-refractivity contribution is -0.123. The van der Waals surface area contributed by atoms with E-state index in [2.05, 4.69) is 15.8 Å². The van der Waals surface area contributed by atoms with Gasteiger partial charge in [-0.25, -0.2) is 0 Å². The Hall–Kier alpha value is -4.19. The lowest BCUT2D eigenvalue weighted by Gasteiger charge is -2.12. The highest BCUT2D eigenvalue weighted by Crippen LogP contribution is 2.21. The van der Waals surface area contributed by atoms with Crippen LogP contribution in [0, 0.1) is 0 Å². The van der Waals surface area contributed by atoms with Gasteiger partial charge in [-0.3, -0.25) is 25.4 Å². The van der Waals surface area contributed by atoms with E-state index >= 15 is 0 Å². The van der Waals surface area contributed by atoms with E-state index in [9.17, 15) is 9.59 Å². The van der Waals surface area contributed by atoms with Gasteiger partial charge >= 0.3 is 0 Å². The zero-order valence-corrected chi connectivity index (χ0v) is 16.7. The summed E-state index contributed by atoms with van der Waals surface area (Å²) >= 11 is 0. The SMILES string of the molecule is O=C(COc1ccccc1Cc1ccccc1)NNC(=O)c1ccnc2ccccc12. The number of para-hydroxylation sites is 2. The number of rotatable bonds is 6. The smallest absolute Gasteiger partial charge is 0.276 e. The van der Waals surface area contributed by atoms with Crippen molar-refractivity contribution in [2.75, 3.05) is 6.61 Å². The third-order valence-electron chi connectivity index (χ3n) is 4.78. The second kappa shape index (κ2) is 9.54. The van der Waals surface area contributed by atoms with E-state index in [0.717, 1.165) is 11.1 Å². The summed E-state index contributed by atoms with van der Waals surface area (Å²) in [4.78, 5) is 29.0. The number of amides is 2. The number of fused-ring (bicyclic) bond motifs is 1. The van der Waals surface area contributed by atoms with Gasteiger partial charge < -0.3 is 4.74 Å². The van der Waals surface area contributed by atoms with Crippen molar-refractivity contribution in [3.8, 4) is 5.75 Å². The molecule has 0 saturated carbocycles. The molecule has 6 heteroatoms. The number of hydrogen-bond acceptors (Lipinski definition) is 4. The van der Waals surface area contributed by atoms with Crippen molar-refractivity contribution in [3.63, 3.8) is 0 Å². The van der Waals surface area contributed by atoms with Crippen LogP contribution in [0.1, 0.15) is 21.5 Å². The Morgan fingerprint density at radius 3 is 2.42 bits per heavy atom. The molecule has 6 nitrogen and oxygen atoms in total. The van der Waals surface area contributed by atoms with Gasteiger partial charge in [-0.1, -0.05) is 66.7 Å². The first-order chi connectivity index (χ1) is 15.2. The summed E-state index contributed by atoms with van der Waals surface area (Å²) in [6.45, 7) is -0.219. The molecule has 2 amide bonds. The topological polar surface area (TPSA) is 80.3 Å². The van der Waals surface area contributed by atoms with Crippen LogP contribution >= 0.6 is 0 Å². The highest BCUT2D eigenvalue weighted by atomic mass is 16.5. The molecule has 3 aromatic carbocycles.